The number of carbonyl (C=O) groups excluding carboxylic acids is 2. The number of alkyl halides is 2. The van der Waals surface area contributed by atoms with Crippen molar-refractivity contribution < 1.29 is 14.3 Å². The van der Waals surface area contributed by atoms with Gasteiger partial charge < -0.3 is 20.3 Å². The SMILES string of the molecule is O=C(NCC1CCCO1)c1cc(NC(=O)C(Cl)Cl)ccc1N1CCc2ccccc2C1. The van der Waals surface area contributed by atoms with Crippen LogP contribution in [0.15, 0.2) is 42.5 Å². The molecular formula is C23H25Cl2N3O3. The van der Waals surface area contributed by atoms with E-state index in [1.807, 2.05) is 12.1 Å². The first-order valence-corrected chi connectivity index (χ1v) is 11.3. The molecule has 1 unspecified atom stereocenters. The number of carbonyl (C=O) groups is 2. The Bertz CT molecular complexity index is 961. The summed E-state index contributed by atoms with van der Waals surface area (Å²) in [6.07, 6.45) is 2.91. The summed E-state index contributed by atoms with van der Waals surface area (Å²) in [5.74, 6) is -0.734. The zero-order valence-electron chi connectivity index (χ0n) is 17.1. The molecule has 0 aromatic heterocycles. The molecule has 1 atom stereocenters. The number of nitrogens with zero attached hydrogens (tertiary/aromatic N) is 1. The number of hydrogen-bond acceptors (Lipinski definition) is 4. The van der Waals surface area contributed by atoms with Gasteiger partial charge >= 0.3 is 0 Å². The molecule has 4 rings (SSSR count). The number of rotatable bonds is 6. The summed E-state index contributed by atoms with van der Waals surface area (Å²) in [4.78, 5) is 26.0. The molecular weight excluding hydrogens is 437 g/mol. The van der Waals surface area contributed by atoms with Crippen LogP contribution >= 0.6 is 23.2 Å². The molecule has 0 bridgehead atoms. The molecule has 164 valence electrons. The quantitative estimate of drug-likeness (QED) is 0.639. The van der Waals surface area contributed by atoms with Gasteiger partial charge in [0.15, 0.2) is 4.84 Å². The highest BCUT2D eigenvalue weighted by molar-refractivity contribution is 6.54. The van der Waals surface area contributed by atoms with Gasteiger partial charge in [0, 0.05) is 37.6 Å². The van der Waals surface area contributed by atoms with Crippen molar-refractivity contribution in [1.82, 2.24) is 5.32 Å². The Morgan fingerprint density at radius 1 is 1.16 bits per heavy atom. The van der Waals surface area contributed by atoms with Gasteiger partial charge in [-0.25, -0.2) is 0 Å². The molecule has 2 aromatic rings. The third-order valence-corrected chi connectivity index (χ3v) is 6.09. The molecule has 0 spiro atoms. The lowest BCUT2D eigenvalue weighted by atomic mass is 9.98. The Hall–Kier alpha value is -2.28. The lowest BCUT2D eigenvalue weighted by Crippen LogP contribution is -2.35. The average molecular weight is 462 g/mol. The van der Waals surface area contributed by atoms with Gasteiger partial charge in [-0.2, -0.15) is 0 Å². The number of hydrogen-bond donors (Lipinski definition) is 2. The number of ether oxygens (including phenoxy) is 1. The van der Waals surface area contributed by atoms with Crippen molar-refractivity contribution in [3.63, 3.8) is 0 Å². The fraction of sp³-hybridized carbons (Fsp3) is 0.391. The van der Waals surface area contributed by atoms with Crippen LogP contribution in [-0.2, 0) is 22.5 Å². The molecule has 2 N–H and O–H groups in total. The highest BCUT2D eigenvalue weighted by atomic mass is 35.5. The van der Waals surface area contributed by atoms with E-state index in [9.17, 15) is 9.59 Å². The van der Waals surface area contributed by atoms with E-state index >= 15 is 0 Å². The van der Waals surface area contributed by atoms with Crippen LogP contribution in [-0.4, -0.2) is 42.5 Å². The number of nitrogens with one attached hydrogen (secondary N) is 2. The van der Waals surface area contributed by atoms with Crippen LogP contribution in [0.3, 0.4) is 0 Å². The van der Waals surface area contributed by atoms with Crippen molar-refractivity contribution in [2.24, 2.45) is 0 Å². The van der Waals surface area contributed by atoms with Gasteiger partial charge in [0.05, 0.1) is 11.7 Å². The van der Waals surface area contributed by atoms with Crippen molar-refractivity contribution in [1.29, 1.82) is 0 Å². The van der Waals surface area contributed by atoms with Crippen molar-refractivity contribution in [3.8, 4) is 0 Å². The zero-order valence-corrected chi connectivity index (χ0v) is 18.6. The summed E-state index contributed by atoms with van der Waals surface area (Å²) < 4.78 is 5.62. The third-order valence-electron chi connectivity index (χ3n) is 5.69. The Balaban J connectivity index is 1.58. The maximum absolute atomic E-state index is 13.1. The Labute approximate surface area is 191 Å². The standard InChI is InChI=1S/C23H25Cl2N3O3/c24-21(25)23(30)27-17-7-8-20(28-10-9-15-4-1-2-5-16(15)14-28)19(12-17)22(29)26-13-18-6-3-11-31-18/h1-2,4-5,7-8,12,18,21H,3,6,9-11,13-14H2,(H,26,29)(H,27,30). The highest BCUT2D eigenvalue weighted by Gasteiger charge is 2.23. The maximum atomic E-state index is 13.1. The van der Waals surface area contributed by atoms with E-state index in [1.165, 1.54) is 11.1 Å². The third kappa shape index (κ3) is 5.32. The second kappa shape index (κ2) is 9.90. The lowest BCUT2D eigenvalue weighted by molar-refractivity contribution is -0.114. The maximum Gasteiger partial charge on any atom is 0.257 e. The van der Waals surface area contributed by atoms with Crippen LogP contribution in [0.4, 0.5) is 11.4 Å². The fourth-order valence-electron chi connectivity index (χ4n) is 4.08. The number of amides is 2. The largest absolute Gasteiger partial charge is 0.376 e. The van der Waals surface area contributed by atoms with E-state index in [2.05, 4.69) is 33.7 Å². The molecule has 2 aliphatic rings. The van der Waals surface area contributed by atoms with Gasteiger partial charge in [0.1, 0.15) is 0 Å². The van der Waals surface area contributed by atoms with Crippen LogP contribution in [0.25, 0.3) is 0 Å². The molecule has 0 aliphatic carbocycles. The normalized spacial score (nSPS) is 18.0. The van der Waals surface area contributed by atoms with E-state index in [1.54, 1.807) is 12.1 Å². The molecule has 0 radical (unpaired) electrons. The molecule has 2 heterocycles. The molecule has 6 nitrogen and oxygen atoms in total. The van der Waals surface area contributed by atoms with Gasteiger partial charge in [0.25, 0.3) is 11.8 Å². The number of fused-ring (bicyclic) bond motifs is 1. The minimum absolute atomic E-state index is 0.0467. The highest BCUT2D eigenvalue weighted by Crippen LogP contribution is 2.30. The van der Waals surface area contributed by atoms with E-state index in [0.717, 1.165) is 44.6 Å². The van der Waals surface area contributed by atoms with Crippen molar-refractivity contribution in [2.75, 3.05) is 29.9 Å². The first-order chi connectivity index (χ1) is 15.0. The molecule has 1 fully saturated rings. The first-order valence-electron chi connectivity index (χ1n) is 10.5. The molecule has 8 heteroatoms. The van der Waals surface area contributed by atoms with Crippen LogP contribution in [0.1, 0.15) is 34.3 Å². The van der Waals surface area contributed by atoms with Gasteiger partial charge in [-0.15, -0.1) is 0 Å². The second-order valence-electron chi connectivity index (χ2n) is 7.81. The summed E-state index contributed by atoms with van der Waals surface area (Å²) >= 11 is 11.3. The predicted octanol–water partition coefficient (Wildman–Crippen LogP) is 3.90. The first kappa shape index (κ1) is 21.9. The van der Waals surface area contributed by atoms with Crippen LogP contribution in [0, 0.1) is 0 Å². The molecule has 1 saturated heterocycles. The van der Waals surface area contributed by atoms with Gasteiger partial charge in [-0.3, -0.25) is 9.59 Å². The van der Waals surface area contributed by atoms with Crippen LogP contribution < -0.4 is 15.5 Å². The average Bonchev–Trinajstić information content (AvgIpc) is 3.30. The van der Waals surface area contributed by atoms with E-state index in [-0.39, 0.29) is 12.0 Å². The topological polar surface area (TPSA) is 70.7 Å². The molecule has 2 aliphatic heterocycles. The van der Waals surface area contributed by atoms with Crippen molar-refractivity contribution >= 4 is 46.4 Å². The predicted molar refractivity (Wildman–Crippen MR) is 123 cm³/mol. The molecule has 2 amide bonds. The van der Waals surface area contributed by atoms with Crippen molar-refractivity contribution in [3.05, 3.63) is 59.2 Å². The van der Waals surface area contributed by atoms with E-state index in [0.29, 0.717) is 17.8 Å². The van der Waals surface area contributed by atoms with Gasteiger partial charge in [-0.05, 0) is 48.6 Å². The van der Waals surface area contributed by atoms with Crippen LogP contribution in [0.2, 0.25) is 0 Å². The second-order valence-corrected chi connectivity index (χ2v) is 8.90. The Morgan fingerprint density at radius 2 is 1.97 bits per heavy atom. The summed E-state index contributed by atoms with van der Waals surface area (Å²) in [6, 6.07) is 13.7. The summed E-state index contributed by atoms with van der Waals surface area (Å²) in [5.41, 5.74) is 4.38. The Morgan fingerprint density at radius 3 is 2.71 bits per heavy atom. The van der Waals surface area contributed by atoms with Crippen LogP contribution in [0.5, 0.6) is 0 Å². The molecule has 0 saturated carbocycles. The summed E-state index contributed by atoms with van der Waals surface area (Å²) in [7, 11) is 0. The van der Waals surface area contributed by atoms with Gasteiger partial charge in [-0.1, -0.05) is 47.5 Å². The zero-order chi connectivity index (χ0) is 21.8. The number of anilines is 2. The van der Waals surface area contributed by atoms with E-state index in [4.69, 9.17) is 27.9 Å². The lowest BCUT2D eigenvalue weighted by Gasteiger charge is -2.32. The summed E-state index contributed by atoms with van der Waals surface area (Å²) in [6.45, 7) is 2.72. The minimum Gasteiger partial charge on any atom is -0.376 e. The summed E-state index contributed by atoms with van der Waals surface area (Å²) in [5, 5.41) is 5.64. The fourth-order valence-corrected chi connectivity index (χ4v) is 4.19. The number of benzene rings is 2. The van der Waals surface area contributed by atoms with E-state index < -0.39 is 10.7 Å². The number of halogens is 2. The Kier molecular flexibility index (Phi) is 7.00. The minimum atomic E-state index is -1.19. The smallest absolute Gasteiger partial charge is 0.257 e. The van der Waals surface area contributed by atoms with Gasteiger partial charge in [0.2, 0.25) is 0 Å². The van der Waals surface area contributed by atoms with Crippen molar-refractivity contribution in [2.45, 2.75) is 36.7 Å². The molecule has 31 heavy (non-hydrogen) atoms. The molecule has 2 aromatic carbocycles. The monoisotopic (exact) mass is 461 g/mol.